The lowest BCUT2D eigenvalue weighted by Crippen LogP contribution is -2.15. The molecule has 0 saturated heterocycles. The molecule has 7 heteroatoms. The van der Waals surface area contributed by atoms with Gasteiger partial charge < -0.3 is 0 Å². The van der Waals surface area contributed by atoms with Gasteiger partial charge in [-0.1, -0.05) is 31.5 Å². The Morgan fingerprint density at radius 1 is 0.880 bits per heavy atom. The Kier molecular flexibility index (Phi) is 4.47. The van der Waals surface area contributed by atoms with E-state index in [4.69, 9.17) is 0 Å². The summed E-state index contributed by atoms with van der Waals surface area (Å²) in [6, 6.07) is 14.5. The summed E-state index contributed by atoms with van der Waals surface area (Å²) in [5.41, 5.74) is 1.13. The molecular formula is C18H19NO4S2. The van der Waals surface area contributed by atoms with Crippen LogP contribution in [0.4, 0.5) is 0 Å². The summed E-state index contributed by atoms with van der Waals surface area (Å²) in [5, 5.41) is 0.603. The normalized spacial score (nSPS) is 12.6. The number of benzene rings is 2. The molecule has 0 aliphatic carbocycles. The van der Waals surface area contributed by atoms with Crippen molar-refractivity contribution in [2.75, 3.05) is 6.26 Å². The van der Waals surface area contributed by atoms with Crippen molar-refractivity contribution in [3.8, 4) is 0 Å². The van der Waals surface area contributed by atoms with E-state index in [2.05, 4.69) is 0 Å². The maximum Gasteiger partial charge on any atom is 0.268 e. The molecule has 132 valence electrons. The smallest absolute Gasteiger partial charge is 0.238 e. The molecule has 1 aromatic heterocycles. The monoisotopic (exact) mass is 377 g/mol. The average Bonchev–Trinajstić information content (AvgIpc) is 2.93. The largest absolute Gasteiger partial charge is 0.268 e. The Hall–Kier alpha value is -2.12. The van der Waals surface area contributed by atoms with E-state index >= 15 is 0 Å². The van der Waals surface area contributed by atoms with Gasteiger partial charge >= 0.3 is 0 Å². The first-order valence-electron chi connectivity index (χ1n) is 7.90. The second-order valence-corrected chi connectivity index (χ2v) is 9.76. The first-order valence-corrected chi connectivity index (χ1v) is 11.2. The summed E-state index contributed by atoms with van der Waals surface area (Å²) < 4.78 is 51.2. The Morgan fingerprint density at radius 3 is 2.16 bits per heavy atom. The molecule has 0 atom stereocenters. The molecular weight excluding hydrogens is 358 g/mol. The molecule has 0 N–H and O–H groups in total. The summed E-state index contributed by atoms with van der Waals surface area (Å²) in [6.45, 7) is 1.97. The Morgan fingerprint density at radius 2 is 1.56 bits per heavy atom. The molecule has 0 unspecified atom stereocenters. The van der Waals surface area contributed by atoms with Gasteiger partial charge in [0, 0.05) is 17.3 Å². The van der Waals surface area contributed by atoms with E-state index in [-0.39, 0.29) is 9.79 Å². The van der Waals surface area contributed by atoms with Crippen LogP contribution < -0.4 is 0 Å². The molecule has 0 spiro atoms. The number of fused-ring (bicyclic) bond motifs is 1. The molecule has 2 aromatic carbocycles. The second kappa shape index (κ2) is 6.31. The highest BCUT2D eigenvalue weighted by Crippen LogP contribution is 2.28. The topological polar surface area (TPSA) is 73.2 Å². The van der Waals surface area contributed by atoms with Crippen LogP contribution in [0.2, 0.25) is 0 Å². The van der Waals surface area contributed by atoms with Crippen molar-refractivity contribution in [1.82, 2.24) is 3.97 Å². The third-order valence-corrected chi connectivity index (χ3v) is 6.91. The second-order valence-electron chi connectivity index (χ2n) is 5.96. The summed E-state index contributed by atoms with van der Waals surface area (Å²) in [5.74, 6) is 0. The molecule has 0 saturated carbocycles. The predicted octanol–water partition coefficient (Wildman–Crippen LogP) is 3.23. The summed E-state index contributed by atoms with van der Waals surface area (Å²) in [4.78, 5) is 0.384. The van der Waals surface area contributed by atoms with Gasteiger partial charge in [0.15, 0.2) is 9.84 Å². The van der Waals surface area contributed by atoms with E-state index < -0.39 is 19.9 Å². The Balaban J connectivity index is 2.32. The lowest BCUT2D eigenvalue weighted by molar-refractivity contribution is 0.586. The van der Waals surface area contributed by atoms with E-state index in [9.17, 15) is 16.8 Å². The number of aryl methyl sites for hydroxylation is 1. The molecule has 3 aromatic rings. The van der Waals surface area contributed by atoms with Crippen LogP contribution >= 0.6 is 0 Å². The number of sulfone groups is 1. The van der Waals surface area contributed by atoms with Gasteiger partial charge in [-0.2, -0.15) is 0 Å². The fourth-order valence-electron chi connectivity index (χ4n) is 2.87. The minimum Gasteiger partial charge on any atom is -0.238 e. The minimum atomic E-state index is -3.76. The van der Waals surface area contributed by atoms with E-state index in [0.717, 1.165) is 12.7 Å². The molecule has 0 aliphatic heterocycles. The third kappa shape index (κ3) is 3.21. The molecule has 0 bridgehead atoms. The Labute approximate surface area is 147 Å². The molecule has 3 rings (SSSR count). The molecule has 0 fully saturated rings. The van der Waals surface area contributed by atoms with Gasteiger partial charge in [-0.05, 0) is 42.8 Å². The molecule has 0 radical (unpaired) electrons. The molecule has 0 aliphatic rings. The SMILES string of the molecule is CCCc1cc2cc(S(C)(=O)=O)ccc2n1S(=O)(=O)c1ccccc1. The van der Waals surface area contributed by atoms with Gasteiger partial charge in [0.1, 0.15) is 0 Å². The van der Waals surface area contributed by atoms with Gasteiger partial charge in [0.05, 0.1) is 15.3 Å². The number of nitrogens with zero attached hydrogens (tertiary/aromatic N) is 1. The predicted molar refractivity (Wildman–Crippen MR) is 98.1 cm³/mol. The molecule has 1 heterocycles. The van der Waals surface area contributed by atoms with Crippen LogP contribution in [0.5, 0.6) is 0 Å². The fourth-order valence-corrected chi connectivity index (χ4v) is 5.11. The first kappa shape index (κ1) is 17.7. The van der Waals surface area contributed by atoms with Crippen molar-refractivity contribution in [1.29, 1.82) is 0 Å². The average molecular weight is 377 g/mol. The summed E-state index contributed by atoms with van der Waals surface area (Å²) in [6.07, 6.45) is 2.49. The van der Waals surface area contributed by atoms with Crippen molar-refractivity contribution in [3.05, 3.63) is 60.3 Å². The van der Waals surface area contributed by atoms with Gasteiger partial charge in [-0.3, -0.25) is 0 Å². The van der Waals surface area contributed by atoms with Crippen LogP contribution in [-0.4, -0.2) is 27.1 Å². The number of hydrogen-bond donors (Lipinski definition) is 0. The van der Waals surface area contributed by atoms with Gasteiger partial charge in [0.2, 0.25) is 0 Å². The molecule has 5 nitrogen and oxygen atoms in total. The zero-order chi connectivity index (χ0) is 18.2. The summed E-state index contributed by atoms with van der Waals surface area (Å²) in [7, 11) is -7.11. The van der Waals surface area contributed by atoms with Crippen molar-refractivity contribution >= 4 is 30.8 Å². The standard InChI is InChI=1S/C18H19NO4S2/c1-3-7-15-12-14-13-17(24(2,20)21)10-11-18(14)19(15)25(22,23)16-8-5-4-6-9-16/h4-6,8-13H,3,7H2,1-2H3. The molecule has 0 amide bonds. The fraction of sp³-hybridized carbons (Fsp3) is 0.222. The number of aromatic nitrogens is 1. The van der Waals surface area contributed by atoms with Crippen LogP contribution in [0.25, 0.3) is 10.9 Å². The zero-order valence-electron chi connectivity index (χ0n) is 14.0. The highest BCUT2D eigenvalue weighted by atomic mass is 32.2. The Bertz CT molecular complexity index is 1130. The van der Waals surface area contributed by atoms with Gasteiger partial charge in [-0.25, -0.2) is 20.8 Å². The third-order valence-electron chi connectivity index (χ3n) is 4.02. The van der Waals surface area contributed by atoms with Crippen LogP contribution in [-0.2, 0) is 26.3 Å². The quantitative estimate of drug-likeness (QED) is 0.684. The van der Waals surface area contributed by atoms with Crippen LogP contribution in [0.1, 0.15) is 19.0 Å². The zero-order valence-corrected chi connectivity index (χ0v) is 15.6. The van der Waals surface area contributed by atoms with E-state index in [1.807, 2.05) is 6.92 Å². The van der Waals surface area contributed by atoms with Crippen molar-refractivity contribution in [2.24, 2.45) is 0 Å². The lowest BCUT2D eigenvalue weighted by atomic mass is 10.2. The van der Waals surface area contributed by atoms with E-state index in [1.165, 1.54) is 16.1 Å². The van der Waals surface area contributed by atoms with Crippen LogP contribution in [0.15, 0.2) is 64.4 Å². The van der Waals surface area contributed by atoms with E-state index in [1.54, 1.807) is 42.5 Å². The lowest BCUT2D eigenvalue weighted by Gasteiger charge is -2.11. The van der Waals surface area contributed by atoms with Crippen molar-refractivity contribution in [3.63, 3.8) is 0 Å². The highest BCUT2D eigenvalue weighted by molar-refractivity contribution is 7.90. The maximum atomic E-state index is 13.1. The van der Waals surface area contributed by atoms with Crippen LogP contribution in [0.3, 0.4) is 0 Å². The summed E-state index contributed by atoms with van der Waals surface area (Å²) >= 11 is 0. The van der Waals surface area contributed by atoms with E-state index in [0.29, 0.717) is 23.0 Å². The maximum absolute atomic E-state index is 13.1. The molecule has 25 heavy (non-hydrogen) atoms. The van der Waals surface area contributed by atoms with Crippen LogP contribution in [0, 0.1) is 0 Å². The van der Waals surface area contributed by atoms with Gasteiger partial charge in [0.25, 0.3) is 10.0 Å². The number of rotatable bonds is 5. The highest BCUT2D eigenvalue weighted by Gasteiger charge is 2.23. The van der Waals surface area contributed by atoms with Gasteiger partial charge in [-0.15, -0.1) is 0 Å². The number of hydrogen-bond acceptors (Lipinski definition) is 4. The van der Waals surface area contributed by atoms with Crippen molar-refractivity contribution < 1.29 is 16.8 Å². The minimum absolute atomic E-state index is 0.178. The van der Waals surface area contributed by atoms with Crippen molar-refractivity contribution in [2.45, 2.75) is 29.6 Å². The first-order chi connectivity index (χ1) is 11.7.